The van der Waals surface area contributed by atoms with E-state index in [1.54, 1.807) is 0 Å². The van der Waals surface area contributed by atoms with Crippen LogP contribution < -0.4 is 0 Å². The zero-order valence-electron chi connectivity index (χ0n) is 25.9. The minimum absolute atomic E-state index is 0.560. The molecule has 46 heavy (non-hydrogen) atoms. The Hall–Kier alpha value is -5.47. The zero-order valence-corrected chi connectivity index (χ0v) is 25.9. The number of nitrogens with zero attached hydrogens (tertiary/aromatic N) is 2. The molecule has 1 atom stereocenters. The Kier molecular flexibility index (Phi) is 6.35. The quantitative estimate of drug-likeness (QED) is 0.186. The lowest BCUT2D eigenvalue weighted by Crippen LogP contribution is -2.04. The predicted molar refractivity (Wildman–Crippen MR) is 196 cm³/mol. The molecule has 0 N–H and O–H groups in total. The number of rotatable bonds is 4. The van der Waals surface area contributed by atoms with Crippen molar-refractivity contribution in [2.75, 3.05) is 0 Å². The number of hydrogen-bond acceptors (Lipinski definition) is 1. The van der Waals surface area contributed by atoms with Crippen molar-refractivity contribution >= 4 is 49.9 Å². The molecular weight excluding hydrogens is 556 g/mol. The molecule has 0 saturated heterocycles. The van der Waals surface area contributed by atoms with Crippen molar-refractivity contribution in [3.05, 3.63) is 156 Å². The summed E-state index contributed by atoms with van der Waals surface area (Å²) in [5.41, 5.74) is 12.7. The van der Waals surface area contributed by atoms with Crippen LogP contribution in [0.1, 0.15) is 48.8 Å². The van der Waals surface area contributed by atoms with Crippen molar-refractivity contribution in [3.63, 3.8) is 0 Å². The number of benzene rings is 6. The SMILES string of the molecule is CC1CC=Cc2cc(-c3c4ccccc4c(C4=CC=C(n5c(-c6ccccc6)nc6ccccc65)CC4)c4ccccc34)ccc21. The van der Waals surface area contributed by atoms with Crippen LogP contribution in [0, 0.1) is 0 Å². The third kappa shape index (κ3) is 4.29. The van der Waals surface area contributed by atoms with E-state index in [1.807, 2.05) is 0 Å². The molecule has 2 aliphatic rings. The summed E-state index contributed by atoms with van der Waals surface area (Å²) in [6.07, 6.45) is 12.3. The Bertz CT molecular complexity index is 2340. The van der Waals surface area contributed by atoms with Gasteiger partial charge in [-0.1, -0.05) is 128 Å². The van der Waals surface area contributed by atoms with E-state index in [-0.39, 0.29) is 0 Å². The lowest BCUT2D eigenvalue weighted by molar-refractivity contribution is 0.772. The monoisotopic (exact) mass is 590 g/mol. The normalized spacial score (nSPS) is 16.1. The van der Waals surface area contributed by atoms with E-state index < -0.39 is 0 Å². The van der Waals surface area contributed by atoms with Crippen molar-refractivity contribution < 1.29 is 0 Å². The molecule has 220 valence electrons. The first-order valence-corrected chi connectivity index (χ1v) is 16.4. The van der Waals surface area contributed by atoms with Gasteiger partial charge in [-0.15, -0.1) is 0 Å². The number of aromatic nitrogens is 2. The lowest BCUT2D eigenvalue weighted by atomic mass is 9.82. The highest BCUT2D eigenvalue weighted by atomic mass is 15.1. The minimum atomic E-state index is 0.560. The highest BCUT2D eigenvalue weighted by molar-refractivity contribution is 6.19. The number of imidazole rings is 1. The Morgan fingerprint density at radius 2 is 1.30 bits per heavy atom. The van der Waals surface area contributed by atoms with E-state index in [2.05, 4.69) is 157 Å². The summed E-state index contributed by atoms with van der Waals surface area (Å²) >= 11 is 0. The predicted octanol–water partition coefficient (Wildman–Crippen LogP) is 11.9. The van der Waals surface area contributed by atoms with Crippen molar-refractivity contribution in [3.8, 4) is 22.5 Å². The fourth-order valence-corrected chi connectivity index (χ4v) is 7.75. The highest BCUT2D eigenvalue weighted by Crippen LogP contribution is 2.45. The molecule has 1 heterocycles. The topological polar surface area (TPSA) is 17.8 Å². The van der Waals surface area contributed by atoms with Gasteiger partial charge in [-0.05, 0) is 104 Å². The van der Waals surface area contributed by atoms with E-state index in [0.717, 1.165) is 41.7 Å². The molecule has 7 aromatic rings. The Labute approximate surface area is 269 Å². The van der Waals surface area contributed by atoms with Gasteiger partial charge in [-0.25, -0.2) is 4.98 Å². The van der Waals surface area contributed by atoms with E-state index in [0.29, 0.717) is 5.92 Å². The molecule has 0 bridgehead atoms. The standard InChI is InChI=1S/C44H34N2/c1-29-12-11-15-32-28-33(24-27-35(29)32)43-38-18-7-5-16-36(38)42(37-17-6-8-19-39(37)43)30-22-25-34(26-23-30)46-41-21-10-9-20-40(41)45-44(46)31-13-3-2-4-14-31/h2-11,13-22,24-25,27-29H,12,23,26H2,1H3. The van der Waals surface area contributed by atoms with Crippen LogP contribution in [0.5, 0.6) is 0 Å². The van der Waals surface area contributed by atoms with E-state index in [4.69, 9.17) is 4.98 Å². The smallest absolute Gasteiger partial charge is 0.145 e. The van der Waals surface area contributed by atoms with Gasteiger partial charge >= 0.3 is 0 Å². The molecule has 0 fully saturated rings. The van der Waals surface area contributed by atoms with E-state index in [1.165, 1.54) is 60.6 Å². The molecule has 6 aromatic carbocycles. The first-order chi connectivity index (χ1) is 22.7. The van der Waals surface area contributed by atoms with Crippen molar-refractivity contribution in [1.29, 1.82) is 0 Å². The number of hydrogen-bond donors (Lipinski definition) is 0. The average Bonchev–Trinajstić information content (AvgIpc) is 3.51. The second-order valence-corrected chi connectivity index (χ2v) is 12.7. The van der Waals surface area contributed by atoms with Crippen LogP contribution >= 0.6 is 0 Å². The number of fused-ring (bicyclic) bond motifs is 4. The Balaban J connectivity index is 1.23. The van der Waals surface area contributed by atoms with Gasteiger partial charge in [-0.3, -0.25) is 4.57 Å². The summed E-state index contributed by atoms with van der Waals surface area (Å²) < 4.78 is 2.36. The largest absolute Gasteiger partial charge is 0.296 e. The highest BCUT2D eigenvalue weighted by Gasteiger charge is 2.22. The second kappa shape index (κ2) is 10.9. The van der Waals surface area contributed by atoms with Gasteiger partial charge in [0.15, 0.2) is 0 Å². The molecule has 1 unspecified atom stereocenters. The van der Waals surface area contributed by atoms with Gasteiger partial charge in [0.25, 0.3) is 0 Å². The fraction of sp³-hybridized carbons (Fsp3) is 0.114. The van der Waals surface area contributed by atoms with Gasteiger partial charge in [0.1, 0.15) is 5.82 Å². The first-order valence-electron chi connectivity index (χ1n) is 16.4. The third-order valence-electron chi connectivity index (χ3n) is 9.95. The van der Waals surface area contributed by atoms with Gasteiger partial charge in [-0.2, -0.15) is 0 Å². The van der Waals surface area contributed by atoms with Gasteiger partial charge in [0, 0.05) is 11.3 Å². The zero-order chi connectivity index (χ0) is 30.6. The Morgan fingerprint density at radius 3 is 2.02 bits per heavy atom. The maximum atomic E-state index is 5.08. The summed E-state index contributed by atoms with van der Waals surface area (Å²) in [6, 6.07) is 44.2. The molecule has 0 amide bonds. The molecule has 0 saturated carbocycles. The molecule has 0 spiro atoms. The fourth-order valence-electron chi connectivity index (χ4n) is 7.75. The van der Waals surface area contributed by atoms with Crippen LogP contribution in [0.3, 0.4) is 0 Å². The summed E-state index contributed by atoms with van der Waals surface area (Å²) in [7, 11) is 0. The van der Waals surface area contributed by atoms with Crippen LogP contribution in [-0.2, 0) is 0 Å². The van der Waals surface area contributed by atoms with Gasteiger partial charge < -0.3 is 0 Å². The number of allylic oxidation sites excluding steroid dienone is 5. The van der Waals surface area contributed by atoms with E-state index in [9.17, 15) is 0 Å². The average molecular weight is 591 g/mol. The van der Waals surface area contributed by atoms with Crippen molar-refractivity contribution in [2.24, 2.45) is 0 Å². The minimum Gasteiger partial charge on any atom is -0.296 e. The van der Waals surface area contributed by atoms with Crippen molar-refractivity contribution in [1.82, 2.24) is 9.55 Å². The third-order valence-corrected chi connectivity index (χ3v) is 9.95. The summed E-state index contributed by atoms with van der Waals surface area (Å²) in [4.78, 5) is 5.08. The Morgan fingerprint density at radius 1 is 0.630 bits per heavy atom. The van der Waals surface area contributed by atoms with E-state index >= 15 is 0 Å². The van der Waals surface area contributed by atoms with Crippen LogP contribution in [0.15, 0.2) is 140 Å². The van der Waals surface area contributed by atoms with Crippen LogP contribution in [0.2, 0.25) is 0 Å². The maximum absolute atomic E-state index is 5.08. The molecule has 1 aromatic heterocycles. The van der Waals surface area contributed by atoms with Gasteiger partial charge in [0.2, 0.25) is 0 Å². The maximum Gasteiger partial charge on any atom is 0.145 e. The second-order valence-electron chi connectivity index (χ2n) is 12.7. The molecule has 0 radical (unpaired) electrons. The summed E-state index contributed by atoms with van der Waals surface area (Å²) in [5, 5.41) is 5.26. The summed E-state index contributed by atoms with van der Waals surface area (Å²) in [6.45, 7) is 2.33. The van der Waals surface area contributed by atoms with Crippen LogP contribution in [0.25, 0.3) is 72.4 Å². The molecular formula is C44H34N2. The van der Waals surface area contributed by atoms with Gasteiger partial charge in [0.05, 0.1) is 11.0 Å². The van der Waals surface area contributed by atoms with Crippen LogP contribution in [0.4, 0.5) is 0 Å². The lowest BCUT2D eigenvalue weighted by Gasteiger charge is -2.23. The molecule has 2 nitrogen and oxygen atoms in total. The molecule has 9 rings (SSSR count). The first kappa shape index (κ1) is 26.9. The number of para-hydroxylation sites is 2. The van der Waals surface area contributed by atoms with Crippen LogP contribution in [-0.4, -0.2) is 9.55 Å². The molecule has 0 aliphatic heterocycles. The van der Waals surface area contributed by atoms with Crippen molar-refractivity contribution in [2.45, 2.75) is 32.1 Å². The summed E-state index contributed by atoms with van der Waals surface area (Å²) in [5.74, 6) is 1.56. The molecule has 2 aliphatic carbocycles. The molecule has 2 heteroatoms.